The van der Waals surface area contributed by atoms with Crippen LogP contribution in [0.2, 0.25) is 0 Å². The van der Waals surface area contributed by atoms with E-state index in [1.807, 2.05) is 36.6 Å². The molecular weight excluding hydrogens is 374 g/mol. The van der Waals surface area contributed by atoms with Gasteiger partial charge in [-0.25, -0.2) is 9.78 Å². The predicted octanol–water partition coefficient (Wildman–Crippen LogP) is 4.05. The Bertz CT molecular complexity index is 907. The molecular formula is C21H25N3O3S. The Hall–Kier alpha value is -2.64. The summed E-state index contributed by atoms with van der Waals surface area (Å²) < 4.78 is 11.1. The number of carbonyl (C=O) groups is 1. The molecule has 0 spiro atoms. The summed E-state index contributed by atoms with van der Waals surface area (Å²) in [7, 11) is 1.63. The van der Waals surface area contributed by atoms with Gasteiger partial charge in [-0.1, -0.05) is 36.4 Å². The van der Waals surface area contributed by atoms with Crippen LogP contribution in [0, 0.1) is 0 Å². The van der Waals surface area contributed by atoms with Crippen LogP contribution in [0.1, 0.15) is 17.6 Å². The third kappa shape index (κ3) is 5.21. The van der Waals surface area contributed by atoms with Crippen LogP contribution < -0.4 is 10.1 Å². The first-order chi connectivity index (χ1) is 13.7. The van der Waals surface area contributed by atoms with Crippen LogP contribution in [0.25, 0.3) is 10.8 Å². The molecule has 0 bridgehead atoms. The molecule has 28 heavy (non-hydrogen) atoms. The van der Waals surface area contributed by atoms with Crippen molar-refractivity contribution in [3.05, 3.63) is 58.5 Å². The zero-order valence-electron chi connectivity index (χ0n) is 16.2. The second-order valence-electron chi connectivity index (χ2n) is 6.25. The zero-order chi connectivity index (χ0) is 19.8. The monoisotopic (exact) mass is 399 g/mol. The van der Waals surface area contributed by atoms with Gasteiger partial charge >= 0.3 is 6.03 Å². The molecule has 0 saturated heterocycles. The van der Waals surface area contributed by atoms with Gasteiger partial charge in [0.05, 0.1) is 18.8 Å². The lowest BCUT2D eigenvalue weighted by Crippen LogP contribution is -2.41. The molecule has 6 nitrogen and oxygen atoms in total. The van der Waals surface area contributed by atoms with Crippen molar-refractivity contribution in [2.75, 3.05) is 26.8 Å². The molecule has 0 aliphatic heterocycles. The number of fused-ring (bicyclic) bond motifs is 1. The van der Waals surface area contributed by atoms with Crippen LogP contribution in [0.3, 0.4) is 0 Å². The summed E-state index contributed by atoms with van der Waals surface area (Å²) in [5.41, 5.74) is 0.851. The van der Waals surface area contributed by atoms with E-state index in [1.54, 1.807) is 12.0 Å². The van der Waals surface area contributed by atoms with Crippen LogP contribution in [0.4, 0.5) is 4.79 Å². The number of rotatable bonds is 9. The highest BCUT2D eigenvalue weighted by Gasteiger charge is 2.15. The Morgan fingerprint density at radius 1 is 1.21 bits per heavy atom. The summed E-state index contributed by atoms with van der Waals surface area (Å²) in [4.78, 5) is 18.5. The fraction of sp³-hybridized carbons (Fsp3) is 0.333. The minimum atomic E-state index is -0.110. The van der Waals surface area contributed by atoms with Crippen LogP contribution >= 0.6 is 11.3 Å². The highest BCUT2D eigenvalue weighted by atomic mass is 32.1. The lowest BCUT2D eigenvalue weighted by atomic mass is 10.1. The smallest absolute Gasteiger partial charge is 0.317 e. The van der Waals surface area contributed by atoms with E-state index >= 15 is 0 Å². The average Bonchev–Trinajstić information content (AvgIpc) is 3.17. The van der Waals surface area contributed by atoms with Crippen LogP contribution in [0.5, 0.6) is 5.75 Å². The fourth-order valence-corrected chi connectivity index (χ4v) is 3.56. The van der Waals surface area contributed by atoms with Crippen molar-refractivity contribution >= 4 is 28.1 Å². The van der Waals surface area contributed by atoms with E-state index in [2.05, 4.69) is 28.5 Å². The number of nitrogens with zero attached hydrogens (tertiary/aromatic N) is 2. The van der Waals surface area contributed by atoms with E-state index < -0.39 is 0 Å². The molecule has 0 radical (unpaired) electrons. The first-order valence-electron chi connectivity index (χ1n) is 9.26. The predicted molar refractivity (Wildman–Crippen MR) is 112 cm³/mol. The molecule has 3 rings (SSSR count). The Labute approximate surface area is 169 Å². The summed E-state index contributed by atoms with van der Waals surface area (Å²) >= 11 is 1.54. The number of benzene rings is 2. The van der Waals surface area contributed by atoms with Gasteiger partial charge in [-0.3, -0.25) is 0 Å². The van der Waals surface area contributed by atoms with E-state index in [1.165, 1.54) is 11.3 Å². The second kappa shape index (κ2) is 10.1. The number of aromatic nitrogens is 1. The van der Waals surface area contributed by atoms with E-state index in [-0.39, 0.29) is 6.03 Å². The third-order valence-corrected chi connectivity index (χ3v) is 5.10. The zero-order valence-corrected chi connectivity index (χ0v) is 17.0. The number of hydrogen-bond donors (Lipinski definition) is 1. The number of ether oxygens (including phenoxy) is 2. The van der Waals surface area contributed by atoms with Crippen LogP contribution in [-0.2, 0) is 17.9 Å². The summed E-state index contributed by atoms with van der Waals surface area (Å²) in [6.07, 6.45) is 0. The normalized spacial score (nSPS) is 10.8. The fourth-order valence-electron chi connectivity index (χ4n) is 2.86. The molecule has 7 heteroatoms. The van der Waals surface area contributed by atoms with Crippen molar-refractivity contribution < 1.29 is 14.3 Å². The molecule has 0 aliphatic carbocycles. The highest BCUT2D eigenvalue weighted by molar-refractivity contribution is 7.09. The number of nitrogens with one attached hydrogen (secondary N) is 1. The molecule has 0 unspecified atom stereocenters. The number of carbonyl (C=O) groups excluding carboxylic acids is 1. The van der Waals surface area contributed by atoms with Gasteiger partial charge in [-0.05, 0) is 18.4 Å². The standard InChI is InChI=1S/C21H25N3O3S/c1-3-22-21(25)24(11-12-26-2)13-17-15-28-20(23-17)14-27-19-10-6-8-16-7-4-5-9-18(16)19/h4-10,15H,3,11-14H2,1-2H3,(H,22,25). The molecule has 3 aromatic rings. The van der Waals surface area contributed by atoms with Crippen molar-refractivity contribution in [3.8, 4) is 5.75 Å². The van der Waals surface area contributed by atoms with Crippen molar-refractivity contribution in [3.63, 3.8) is 0 Å². The van der Waals surface area contributed by atoms with Gasteiger partial charge in [0.15, 0.2) is 0 Å². The Kier molecular flexibility index (Phi) is 7.22. The molecule has 0 fully saturated rings. The highest BCUT2D eigenvalue weighted by Crippen LogP contribution is 2.26. The molecule has 0 aliphatic rings. The van der Waals surface area contributed by atoms with Crippen molar-refractivity contribution in [2.45, 2.75) is 20.1 Å². The topological polar surface area (TPSA) is 63.7 Å². The first kappa shape index (κ1) is 20.1. The second-order valence-corrected chi connectivity index (χ2v) is 7.19. The van der Waals surface area contributed by atoms with Crippen molar-refractivity contribution in [2.24, 2.45) is 0 Å². The Morgan fingerprint density at radius 3 is 2.86 bits per heavy atom. The lowest BCUT2D eigenvalue weighted by Gasteiger charge is -2.21. The molecule has 1 N–H and O–H groups in total. The number of urea groups is 1. The summed E-state index contributed by atoms with van der Waals surface area (Å²) in [6, 6.07) is 14.1. The minimum Gasteiger partial charge on any atom is -0.486 e. The maximum absolute atomic E-state index is 12.2. The summed E-state index contributed by atoms with van der Waals surface area (Å²) in [5, 5.41) is 7.92. The van der Waals surface area contributed by atoms with Gasteiger partial charge in [0.25, 0.3) is 0 Å². The molecule has 0 atom stereocenters. The van der Waals surface area contributed by atoms with E-state index in [0.717, 1.165) is 27.2 Å². The van der Waals surface area contributed by atoms with Crippen LogP contribution in [-0.4, -0.2) is 42.7 Å². The molecule has 1 aromatic heterocycles. The Morgan fingerprint density at radius 2 is 2.04 bits per heavy atom. The number of methoxy groups -OCH3 is 1. The van der Waals surface area contributed by atoms with Crippen molar-refractivity contribution in [1.29, 1.82) is 0 Å². The van der Waals surface area contributed by atoms with Crippen LogP contribution in [0.15, 0.2) is 47.8 Å². The number of amides is 2. The third-order valence-electron chi connectivity index (χ3n) is 4.23. The molecule has 148 valence electrons. The number of thiazole rings is 1. The first-order valence-corrected chi connectivity index (χ1v) is 10.1. The van der Waals surface area contributed by atoms with Gasteiger partial charge in [-0.15, -0.1) is 11.3 Å². The van der Waals surface area contributed by atoms with Gasteiger partial charge < -0.3 is 19.7 Å². The van der Waals surface area contributed by atoms with Gasteiger partial charge in [0.2, 0.25) is 0 Å². The maximum Gasteiger partial charge on any atom is 0.317 e. The summed E-state index contributed by atoms with van der Waals surface area (Å²) in [5.74, 6) is 0.846. The van der Waals surface area contributed by atoms with Gasteiger partial charge in [0.1, 0.15) is 17.4 Å². The van der Waals surface area contributed by atoms with E-state index in [4.69, 9.17) is 9.47 Å². The van der Waals surface area contributed by atoms with E-state index in [0.29, 0.717) is 32.8 Å². The molecule has 0 saturated carbocycles. The summed E-state index contributed by atoms with van der Waals surface area (Å²) in [6.45, 7) is 4.33. The molecule has 1 heterocycles. The minimum absolute atomic E-state index is 0.110. The molecule has 2 amide bonds. The largest absolute Gasteiger partial charge is 0.486 e. The number of hydrogen-bond acceptors (Lipinski definition) is 5. The quantitative estimate of drug-likeness (QED) is 0.590. The van der Waals surface area contributed by atoms with Crippen molar-refractivity contribution in [1.82, 2.24) is 15.2 Å². The molecule has 2 aromatic carbocycles. The van der Waals surface area contributed by atoms with Gasteiger partial charge in [0, 0.05) is 31.0 Å². The van der Waals surface area contributed by atoms with E-state index in [9.17, 15) is 4.79 Å². The maximum atomic E-state index is 12.2. The average molecular weight is 400 g/mol. The van der Waals surface area contributed by atoms with Gasteiger partial charge in [-0.2, -0.15) is 0 Å². The SMILES string of the molecule is CCNC(=O)N(CCOC)Cc1csc(COc2cccc3ccccc23)n1. The Balaban J connectivity index is 1.63. The lowest BCUT2D eigenvalue weighted by molar-refractivity contribution is 0.146.